The van der Waals surface area contributed by atoms with Crippen LogP contribution in [0, 0.1) is 0 Å². The molecular weight excluding hydrogens is 454 g/mol. The summed E-state index contributed by atoms with van der Waals surface area (Å²) in [7, 11) is 0. The van der Waals surface area contributed by atoms with Crippen molar-refractivity contribution < 1.29 is 14.3 Å². The van der Waals surface area contributed by atoms with Gasteiger partial charge in [0.1, 0.15) is 5.39 Å². The van der Waals surface area contributed by atoms with Gasteiger partial charge in [-0.2, -0.15) is 5.10 Å². The number of hydrogen-bond acceptors (Lipinski definition) is 7. The number of H-pyrrole nitrogens is 1. The highest BCUT2D eigenvalue weighted by Gasteiger charge is 2.15. The lowest BCUT2D eigenvalue weighted by Gasteiger charge is -2.07. The van der Waals surface area contributed by atoms with E-state index in [0.29, 0.717) is 39.3 Å². The van der Waals surface area contributed by atoms with Gasteiger partial charge in [0, 0.05) is 11.6 Å². The van der Waals surface area contributed by atoms with Crippen LogP contribution >= 0.6 is 23.4 Å². The van der Waals surface area contributed by atoms with E-state index in [9.17, 15) is 9.59 Å². The molecule has 2 aromatic carbocycles. The number of aromatic nitrogens is 4. The molecule has 2 N–H and O–H groups in total. The van der Waals surface area contributed by atoms with Gasteiger partial charge in [-0.25, -0.2) is 9.67 Å². The average Bonchev–Trinajstić information content (AvgIpc) is 3.44. The molecule has 0 saturated heterocycles. The molecule has 4 aromatic rings. The summed E-state index contributed by atoms with van der Waals surface area (Å²) < 4.78 is 12.2. The van der Waals surface area contributed by atoms with Crippen molar-refractivity contribution in [1.29, 1.82) is 0 Å². The molecule has 32 heavy (non-hydrogen) atoms. The van der Waals surface area contributed by atoms with Crippen molar-refractivity contribution in [1.82, 2.24) is 25.1 Å². The van der Waals surface area contributed by atoms with Crippen molar-refractivity contribution in [2.24, 2.45) is 0 Å². The summed E-state index contributed by atoms with van der Waals surface area (Å²) in [5.41, 5.74) is 1.70. The smallest absolute Gasteiger partial charge is 0.262 e. The zero-order valence-electron chi connectivity index (χ0n) is 16.5. The predicted molar refractivity (Wildman–Crippen MR) is 120 cm³/mol. The third-order valence-corrected chi connectivity index (χ3v) is 5.88. The molecule has 1 aliphatic rings. The predicted octanol–water partition coefficient (Wildman–Crippen LogP) is 2.90. The largest absolute Gasteiger partial charge is 0.454 e. The average molecular weight is 470 g/mol. The molecule has 0 saturated carbocycles. The van der Waals surface area contributed by atoms with Crippen LogP contribution < -0.4 is 20.3 Å². The van der Waals surface area contributed by atoms with Crippen LogP contribution in [-0.2, 0) is 11.3 Å². The van der Waals surface area contributed by atoms with Crippen molar-refractivity contribution in [3.63, 3.8) is 0 Å². The summed E-state index contributed by atoms with van der Waals surface area (Å²) in [6.45, 7) is 0.552. The maximum absolute atomic E-state index is 12.4. The van der Waals surface area contributed by atoms with Gasteiger partial charge in [0.2, 0.25) is 12.7 Å². The Morgan fingerprint density at radius 1 is 1.19 bits per heavy atom. The highest BCUT2D eigenvalue weighted by molar-refractivity contribution is 7.99. The van der Waals surface area contributed by atoms with Crippen molar-refractivity contribution in [3.8, 4) is 17.2 Å². The zero-order chi connectivity index (χ0) is 22.1. The zero-order valence-corrected chi connectivity index (χ0v) is 18.1. The molecule has 0 radical (unpaired) electrons. The van der Waals surface area contributed by atoms with Gasteiger partial charge in [-0.15, -0.1) is 0 Å². The second-order valence-electron chi connectivity index (χ2n) is 6.89. The number of aromatic amines is 1. The number of nitrogens with zero attached hydrogens (tertiary/aromatic N) is 3. The second-order valence-corrected chi connectivity index (χ2v) is 8.29. The van der Waals surface area contributed by atoms with Crippen LogP contribution in [0.4, 0.5) is 0 Å². The van der Waals surface area contributed by atoms with E-state index in [1.54, 1.807) is 28.9 Å². The van der Waals surface area contributed by atoms with Crippen molar-refractivity contribution in [2.75, 3.05) is 12.5 Å². The number of nitrogens with one attached hydrogen (secondary N) is 2. The number of fused-ring (bicyclic) bond motifs is 2. The summed E-state index contributed by atoms with van der Waals surface area (Å²) in [5.74, 6) is 1.26. The standard InChI is InChI=1S/C21H16ClN5O4S/c22-13-2-4-14(5-3-13)27-19-15(9-24-27)20(29)26-21(25-19)32-10-18(28)23-8-12-1-6-16-17(7-12)31-11-30-16/h1-7,9H,8,10-11H2,(H,23,28)(H,25,26,29). The molecule has 0 aliphatic carbocycles. The fourth-order valence-corrected chi connectivity index (χ4v) is 3.99. The van der Waals surface area contributed by atoms with Crippen LogP contribution in [0.2, 0.25) is 5.02 Å². The summed E-state index contributed by atoms with van der Waals surface area (Å²) in [6, 6.07) is 12.6. The van der Waals surface area contributed by atoms with Gasteiger partial charge in [0.05, 0.1) is 17.6 Å². The van der Waals surface area contributed by atoms with E-state index in [2.05, 4.69) is 20.4 Å². The molecular formula is C21H16ClN5O4S. The number of carbonyl (C=O) groups is 1. The van der Waals surface area contributed by atoms with E-state index in [1.165, 1.54) is 6.20 Å². The fraction of sp³-hybridized carbons (Fsp3) is 0.143. The topological polar surface area (TPSA) is 111 Å². The maximum atomic E-state index is 12.4. The minimum atomic E-state index is -0.321. The normalized spacial score (nSPS) is 12.3. The lowest BCUT2D eigenvalue weighted by atomic mass is 10.2. The molecule has 0 unspecified atom stereocenters. The van der Waals surface area contributed by atoms with E-state index in [4.69, 9.17) is 21.1 Å². The Bertz CT molecular complexity index is 1370. The molecule has 162 valence electrons. The van der Waals surface area contributed by atoms with Gasteiger partial charge < -0.3 is 19.8 Å². The van der Waals surface area contributed by atoms with Crippen LogP contribution in [0.5, 0.6) is 11.5 Å². The summed E-state index contributed by atoms with van der Waals surface area (Å²) in [4.78, 5) is 31.9. The van der Waals surface area contributed by atoms with Crippen LogP contribution in [0.1, 0.15) is 5.56 Å². The molecule has 0 bridgehead atoms. The van der Waals surface area contributed by atoms with Crippen molar-refractivity contribution >= 4 is 40.3 Å². The molecule has 3 heterocycles. The molecule has 9 nitrogen and oxygen atoms in total. The summed E-state index contributed by atoms with van der Waals surface area (Å²) >= 11 is 7.09. The summed E-state index contributed by atoms with van der Waals surface area (Å²) in [5, 5.41) is 8.39. The number of thioether (sulfide) groups is 1. The Morgan fingerprint density at radius 2 is 2.00 bits per heavy atom. The lowest BCUT2D eigenvalue weighted by Crippen LogP contribution is -2.24. The quantitative estimate of drug-likeness (QED) is 0.330. The first-order chi connectivity index (χ1) is 15.6. The molecule has 1 aliphatic heterocycles. The number of amides is 1. The number of carbonyl (C=O) groups excluding carboxylic acids is 1. The molecule has 1 amide bonds. The maximum Gasteiger partial charge on any atom is 0.262 e. The number of ether oxygens (including phenoxy) is 2. The monoisotopic (exact) mass is 469 g/mol. The SMILES string of the molecule is O=C(CSc1nc2c(cnn2-c2ccc(Cl)cc2)c(=O)[nH]1)NCc1ccc2c(c1)OCO2. The van der Waals surface area contributed by atoms with Crippen LogP contribution in [0.25, 0.3) is 16.7 Å². The van der Waals surface area contributed by atoms with E-state index in [0.717, 1.165) is 23.0 Å². The molecule has 2 aromatic heterocycles. The minimum absolute atomic E-state index is 0.0913. The van der Waals surface area contributed by atoms with Crippen LogP contribution in [0.15, 0.2) is 58.6 Å². The van der Waals surface area contributed by atoms with Crippen molar-refractivity contribution in [3.05, 3.63) is 69.6 Å². The molecule has 11 heteroatoms. The number of benzene rings is 2. The Hall–Kier alpha value is -3.50. The highest BCUT2D eigenvalue weighted by atomic mass is 35.5. The van der Waals surface area contributed by atoms with Crippen molar-refractivity contribution in [2.45, 2.75) is 11.7 Å². The van der Waals surface area contributed by atoms with Crippen LogP contribution in [0.3, 0.4) is 0 Å². The molecule has 0 spiro atoms. The Balaban J connectivity index is 1.26. The first kappa shape index (κ1) is 20.4. The number of rotatable bonds is 6. The third kappa shape index (κ3) is 4.14. The van der Waals surface area contributed by atoms with Crippen LogP contribution in [-0.4, -0.2) is 38.2 Å². The highest BCUT2D eigenvalue weighted by Crippen LogP contribution is 2.32. The van der Waals surface area contributed by atoms with Gasteiger partial charge in [-0.05, 0) is 42.0 Å². The Morgan fingerprint density at radius 3 is 2.84 bits per heavy atom. The molecule has 0 atom stereocenters. The third-order valence-electron chi connectivity index (χ3n) is 4.75. The van der Waals surface area contributed by atoms with E-state index in [-0.39, 0.29) is 24.0 Å². The summed E-state index contributed by atoms with van der Waals surface area (Å²) in [6.07, 6.45) is 1.46. The molecule has 0 fully saturated rings. The number of hydrogen-bond donors (Lipinski definition) is 2. The van der Waals surface area contributed by atoms with E-state index >= 15 is 0 Å². The van der Waals surface area contributed by atoms with Gasteiger partial charge in [-0.1, -0.05) is 29.4 Å². The minimum Gasteiger partial charge on any atom is -0.454 e. The molecule has 5 rings (SSSR count). The van der Waals surface area contributed by atoms with E-state index < -0.39 is 0 Å². The Kier molecular flexibility index (Phi) is 5.46. The Labute approximate surface area is 190 Å². The fourth-order valence-electron chi connectivity index (χ4n) is 3.17. The second kappa shape index (κ2) is 8.56. The first-order valence-corrected chi connectivity index (χ1v) is 11.0. The van der Waals surface area contributed by atoms with Gasteiger partial charge in [0.15, 0.2) is 22.3 Å². The number of halogens is 1. The van der Waals surface area contributed by atoms with Gasteiger partial charge in [0.25, 0.3) is 5.56 Å². The first-order valence-electron chi connectivity index (χ1n) is 9.59. The van der Waals surface area contributed by atoms with Gasteiger partial charge >= 0.3 is 0 Å². The van der Waals surface area contributed by atoms with Gasteiger partial charge in [-0.3, -0.25) is 9.59 Å². The van der Waals surface area contributed by atoms with E-state index in [1.807, 2.05) is 18.2 Å². The lowest BCUT2D eigenvalue weighted by molar-refractivity contribution is -0.118.